The fourth-order valence-electron chi connectivity index (χ4n) is 2.54. The molecule has 0 aromatic carbocycles. The van der Waals surface area contributed by atoms with Gasteiger partial charge in [-0.25, -0.2) is 0 Å². The van der Waals surface area contributed by atoms with Crippen molar-refractivity contribution in [3.63, 3.8) is 0 Å². The number of nitrogens with one attached hydrogen (secondary N) is 2. The number of rotatable bonds is 15. The Hall–Kier alpha value is -1.39. The summed E-state index contributed by atoms with van der Waals surface area (Å²) in [5.74, 6) is 0.570. The zero-order valence-electron chi connectivity index (χ0n) is 16.7. The van der Waals surface area contributed by atoms with E-state index >= 15 is 0 Å². The predicted octanol–water partition coefficient (Wildman–Crippen LogP) is 3.75. The van der Waals surface area contributed by atoms with E-state index in [4.69, 9.17) is 0 Å². The molecule has 0 aromatic rings. The van der Waals surface area contributed by atoms with Crippen LogP contribution in [0, 0.1) is 5.92 Å². The van der Waals surface area contributed by atoms with Crippen LogP contribution in [-0.2, 0) is 14.4 Å². The molecule has 0 bridgehead atoms. The fraction of sp³-hybridized carbons (Fsp3) is 0.850. The molecule has 0 aromatic heterocycles. The first-order chi connectivity index (χ1) is 11.8. The molecule has 146 valence electrons. The van der Waals surface area contributed by atoms with Gasteiger partial charge in [-0.05, 0) is 33.1 Å². The molecule has 0 saturated carbocycles. The van der Waals surface area contributed by atoms with Crippen molar-refractivity contribution in [3.05, 3.63) is 0 Å². The number of amides is 2. The third-order valence-corrected chi connectivity index (χ3v) is 4.07. The van der Waals surface area contributed by atoms with Crippen molar-refractivity contribution in [1.29, 1.82) is 0 Å². The first-order valence-electron chi connectivity index (χ1n) is 9.91. The lowest BCUT2D eigenvalue weighted by atomic mass is 10.0. The molecule has 0 radical (unpaired) electrons. The zero-order valence-corrected chi connectivity index (χ0v) is 16.7. The molecule has 5 nitrogen and oxygen atoms in total. The van der Waals surface area contributed by atoms with E-state index in [-0.39, 0.29) is 29.6 Å². The van der Waals surface area contributed by atoms with Crippen LogP contribution in [0.3, 0.4) is 0 Å². The van der Waals surface area contributed by atoms with Crippen LogP contribution in [0.25, 0.3) is 0 Å². The van der Waals surface area contributed by atoms with E-state index in [0.29, 0.717) is 25.8 Å². The summed E-state index contributed by atoms with van der Waals surface area (Å²) in [6.45, 7) is 8.34. The lowest BCUT2D eigenvalue weighted by Crippen LogP contribution is -2.29. The minimum atomic E-state index is 0.0836. The van der Waals surface area contributed by atoms with Gasteiger partial charge in [-0.2, -0.15) is 0 Å². The van der Waals surface area contributed by atoms with Crippen molar-refractivity contribution in [2.75, 3.05) is 6.54 Å². The molecule has 5 heteroatoms. The summed E-state index contributed by atoms with van der Waals surface area (Å²) in [7, 11) is 0. The second-order valence-electron chi connectivity index (χ2n) is 7.42. The molecule has 0 heterocycles. The van der Waals surface area contributed by atoms with E-state index in [0.717, 1.165) is 44.9 Å². The zero-order chi connectivity index (χ0) is 19.1. The van der Waals surface area contributed by atoms with Crippen LogP contribution >= 0.6 is 0 Å². The van der Waals surface area contributed by atoms with Crippen molar-refractivity contribution in [1.82, 2.24) is 10.6 Å². The van der Waals surface area contributed by atoms with Gasteiger partial charge in [0.1, 0.15) is 5.78 Å². The van der Waals surface area contributed by atoms with E-state index < -0.39 is 0 Å². The Kier molecular flexibility index (Phi) is 14.1. The summed E-state index contributed by atoms with van der Waals surface area (Å²) in [5, 5.41) is 5.78. The Balaban J connectivity index is 3.38. The normalized spacial score (nSPS) is 11.0. The van der Waals surface area contributed by atoms with Crippen molar-refractivity contribution < 1.29 is 14.4 Å². The molecule has 0 spiro atoms. The number of carbonyl (C=O) groups excluding carboxylic acids is 3. The highest BCUT2D eigenvalue weighted by Gasteiger charge is 2.07. The van der Waals surface area contributed by atoms with Gasteiger partial charge in [-0.1, -0.05) is 39.5 Å². The first kappa shape index (κ1) is 23.6. The Labute approximate surface area is 153 Å². The number of hydrogen-bond donors (Lipinski definition) is 2. The summed E-state index contributed by atoms with van der Waals surface area (Å²) in [6.07, 6.45) is 8.66. The largest absolute Gasteiger partial charge is 0.356 e. The van der Waals surface area contributed by atoms with Crippen molar-refractivity contribution in [3.8, 4) is 0 Å². The smallest absolute Gasteiger partial charge is 0.220 e. The lowest BCUT2D eigenvalue weighted by molar-refractivity contribution is -0.123. The van der Waals surface area contributed by atoms with E-state index in [2.05, 4.69) is 10.6 Å². The average Bonchev–Trinajstić information content (AvgIpc) is 2.52. The molecular weight excluding hydrogens is 316 g/mol. The monoisotopic (exact) mass is 354 g/mol. The second-order valence-corrected chi connectivity index (χ2v) is 7.42. The van der Waals surface area contributed by atoms with Crippen molar-refractivity contribution in [2.24, 2.45) is 5.92 Å². The highest BCUT2D eigenvalue weighted by molar-refractivity contribution is 5.80. The van der Waals surface area contributed by atoms with Gasteiger partial charge in [0.05, 0.1) is 0 Å². The summed E-state index contributed by atoms with van der Waals surface area (Å²) in [5.41, 5.74) is 0. The number of carbonyl (C=O) groups is 3. The van der Waals surface area contributed by atoms with Gasteiger partial charge in [0.2, 0.25) is 11.8 Å². The van der Waals surface area contributed by atoms with Crippen LogP contribution in [0.15, 0.2) is 0 Å². The van der Waals surface area contributed by atoms with Gasteiger partial charge in [0.15, 0.2) is 0 Å². The number of ketones is 1. The second kappa shape index (κ2) is 14.9. The average molecular weight is 355 g/mol. The lowest BCUT2D eigenvalue weighted by Gasteiger charge is -2.08. The Bertz CT molecular complexity index is 392. The summed E-state index contributed by atoms with van der Waals surface area (Å²) < 4.78 is 0. The van der Waals surface area contributed by atoms with Crippen LogP contribution in [0.1, 0.15) is 91.9 Å². The first-order valence-corrected chi connectivity index (χ1v) is 9.91. The Morgan fingerprint density at radius 3 is 1.72 bits per heavy atom. The molecule has 0 aliphatic rings. The number of hydrogen-bond acceptors (Lipinski definition) is 3. The quantitative estimate of drug-likeness (QED) is 0.440. The maximum Gasteiger partial charge on any atom is 0.220 e. The summed E-state index contributed by atoms with van der Waals surface area (Å²) in [6, 6.07) is 0.217. The SMILES string of the molecule is CC(C)NC(=O)CCCCCCCCC(=O)NCCCC(=O)C(C)C. The molecule has 2 N–H and O–H groups in total. The van der Waals surface area contributed by atoms with E-state index in [1.54, 1.807) is 0 Å². The molecule has 2 amide bonds. The van der Waals surface area contributed by atoms with Gasteiger partial charge in [-0.15, -0.1) is 0 Å². The topological polar surface area (TPSA) is 75.3 Å². The third kappa shape index (κ3) is 15.9. The molecule has 0 rings (SSSR count). The van der Waals surface area contributed by atoms with E-state index in [9.17, 15) is 14.4 Å². The number of unbranched alkanes of at least 4 members (excludes halogenated alkanes) is 5. The van der Waals surface area contributed by atoms with Gasteiger partial charge >= 0.3 is 0 Å². The van der Waals surface area contributed by atoms with Crippen LogP contribution < -0.4 is 10.6 Å². The highest BCUT2D eigenvalue weighted by Crippen LogP contribution is 2.09. The molecular formula is C20H38N2O3. The Morgan fingerprint density at radius 2 is 1.20 bits per heavy atom. The van der Waals surface area contributed by atoms with Crippen LogP contribution in [0.5, 0.6) is 0 Å². The van der Waals surface area contributed by atoms with Crippen LogP contribution in [-0.4, -0.2) is 30.2 Å². The van der Waals surface area contributed by atoms with Crippen molar-refractivity contribution >= 4 is 17.6 Å². The maximum atomic E-state index is 11.7. The minimum Gasteiger partial charge on any atom is -0.356 e. The predicted molar refractivity (Wildman–Crippen MR) is 102 cm³/mol. The minimum absolute atomic E-state index is 0.0836. The summed E-state index contributed by atoms with van der Waals surface area (Å²) in [4.78, 5) is 34.6. The molecule has 0 fully saturated rings. The van der Waals surface area contributed by atoms with Gasteiger partial charge in [-0.3, -0.25) is 14.4 Å². The van der Waals surface area contributed by atoms with Gasteiger partial charge in [0.25, 0.3) is 0 Å². The molecule has 0 aliphatic heterocycles. The molecule has 0 aliphatic carbocycles. The fourth-order valence-corrected chi connectivity index (χ4v) is 2.54. The Morgan fingerprint density at radius 1 is 0.680 bits per heavy atom. The van der Waals surface area contributed by atoms with Gasteiger partial charge < -0.3 is 10.6 Å². The molecule has 25 heavy (non-hydrogen) atoms. The van der Waals surface area contributed by atoms with E-state index in [1.807, 2.05) is 27.7 Å². The van der Waals surface area contributed by atoms with Crippen LogP contribution in [0.2, 0.25) is 0 Å². The summed E-state index contributed by atoms with van der Waals surface area (Å²) >= 11 is 0. The third-order valence-electron chi connectivity index (χ3n) is 4.07. The van der Waals surface area contributed by atoms with E-state index in [1.165, 1.54) is 0 Å². The standard InChI is InChI=1S/C20H38N2O3/c1-16(2)18(23)12-11-15-21-19(24)13-9-7-5-6-8-10-14-20(25)22-17(3)4/h16-17H,5-15H2,1-4H3,(H,21,24)(H,22,25). The maximum absolute atomic E-state index is 11.7. The molecule has 0 atom stereocenters. The molecule has 0 saturated heterocycles. The molecule has 0 unspecified atom stereocenters. The van der Waals surface area contributed by atoms with Crippen molar-refractivity contribution in [2.45, 2.75) is 97.9 Å². The van der Waals surface area contributed by atoms with Crippen LogP contribution in [0.4, 0.5) is 0 Å². The number of Topliss-reactive ketones (excluding diaryl/α,β-unsaturated/α-hetero) is 1. The highest BCUT2D eigenvalue weighted by atomic mass is 16.2. The van der Waals surface area contributed by atoms with Gasteiger partial charge in [0, 0.05) is 37.8 Å².